The van der Waals surface area contributed by atoms with Crippen molar-refractivity contribution in [3.05, 3.63) is 65.5 Å². The summed E-state index contributed by atoms with van der Waals surface area (Å²) in [6, 6.07) is 7.21. The average molecular weight is 334 g/mol. The summed E-state index contributed by atoms with van der Waals surface area (Å²) < 4.78 is 39.5. The van der Waals surface area contributed by atoms with Gasteiger partial charge in [0.2, 0.25) is 5.91 Å². The molecule has 124 valence electrons. The molecule has 1 atom stereocenters. The van der Waals surface area contributed by atoms with Crippen LogP contribution in [-0.2, 0) is 4.79 Å². The van der Waals surface area contributed by atoms with E-state index in [-0.39, 0.29) is 11.5 Å². The monoisotopic (exact) mass is 334 g/mol. The number of carbonyl (C=O) groups is 2. The van der Waals surface area contributed by atoms with Crippen molar-refractivity contribution in [3.63, 3.8) is 0 Å². The Morgan fingerprint density at radius 2 is 1.71 bits per heavy atom. The van der Waals surface area contributed by atoms with Crippen LogP contribution in [0.4, 0.5) is 18.9 Å². The Kier molecular flexibility index (Phi) is 4.24. The number of halogens is 3. The highest BCUT2D eigenvalue weighted by molar-refractivity contribution is 6.03. The number of hydrogen-bond acceptors (Lipinski definition) is 2. The van der Waals surface area contributed by atoms with Gasteiger partial charge < -0.3 is 10.2 Å². The molecule has 1 aliphatic rings. The highest BCUT2D eigenvalue weighted by Gasteiger charge is 2.34. The second-order valence-electron chi connectivity index (χ2n) is 5.41. The van der Waals surface area contributed by atoms with E-state index >= 15 is 0 Å². The number of benzene rings is 2. The Hall–Kier alpha value is -2.83. The van der Waals surface area contributed by atoms with Crippen molar-refractivity contribution < 1.29 is 22.8 Å². The van der Waals surface area contributed by atoms with E-state index in [1.165, 1.54) is 29.2 Å². The predicted octanol–water partition coefficient (Wildman–Crippen LogP) is 2.64. The molecule has 2 aromatic carbocycles. The normalized spacial score (nSPS) is 17.2. The molecule has 4 nitrogen and oxygen atoms in total. The van der Waals surface area contributed by atoms with Crippen molar-refractivity contribution in [2.45, 2.75) is 12.5 Å². The summed E-state index contributed by atoms with van der Waals surface area (Å²) in [5.74, 6) is -3.34. The van der Waals surface area contributed by atoms with E-state index in [0.717, 1.165) is 12.1 Å². The smallest absolute Gasteiger partial charge is 0.254 e. The SMILES string of the molecule is O=C(N[C@@H]1CCN(c2ccc(F)cc2)C1=O)c1ccc(F)cc1F. The molecular weight excluding hydrogens is 321 g/mol. The third-order valence-electron chi connectivity index (χ3n) is 3.82. The number of anilines is 1. The van der Waals surface area contributed by atoms with Crippen molar-refractivity contribution >= 4 is 17.5 Å². The van der Waals surface area contributed by atoms with E-state index < -0.39 is 29.4 Å². The lowest BCUT2D eigenvalue weighted by Crippen LogP contribution is -2.41. The van der Waals surface area contributed by atoms with Gasteiger partial charge in [-0.1, -0.05) is 0 Å². The largest absolute Gasteiger partial charge is 0.340 e. The molecule has 0 aromatic heterocycles. The highest BCUT2D eigenvalue weighted by atomic mass is 19.1. The van der Waals surface area contributed by atoms with E-state index in [2.05, 4.69) is 5.32 Å². The van der Waals surface area contributed by atoms with E-state index in [0.29, 0.717) is 24.7 Å². The van der Waals surface area contributed by atoms with Crippen molar-refractivity contribution in [1.29, 1.82) is 0 Å². The summed E-state index contributed by atoms with van der Waals surface area (Å²) in [6.07, 6.45) is 0.338. The highest BCUT2D eigenvalue weighted by Crippen LogP contribution is 2.22. The minimum atomic E-state index is -0.992. The molecule has 0 aliphatic carbocycles. The first-order valence-corrected chi connectivity index (χ1v) is 7.28. The number of nitrogens with one attached hydrogen (secondary N) is 1. The molecule has 1 heterocycles. The lowest BCUT2D eigenvalue weighted by molar-refractivity contribution is -0.118. The molecular formula is C17H13F3N2O2. The van der Waals surface area contributed by atoms with E-state index in [1.807, 2.05) is 0 Å². The molecule has 0 spiro atoms. The van der Waals surface area contributed by atoms with Gasteiger partial charge in [0.05, 0.1) is 5.56 Å². The summed E-state index contributed by atoms with van der Waals surface area (Å²) in [4.78, 5) is 25.9. The minimum Gasteiger partial charge on any atom is -0.340 e. The molecule has 0 unspecified atom stereocenters. The molecule has 2 amide bonds. The summed E-state index contributed by atoms with van der Waals surface area (Å²) in [7, 11) is 0. The Labute approximate surface area is 135 Å². The molecule has 0 saturated carbocycles. The maximum absolute atomic E-state index is 13.6. The van der Waals surface area contributed by atoms with E-state index in [9.17, 15) is 22.8 Å². The zero-order valence-electron chi connectivity index (χ0n) is 12.4. The summed E-state index contributed by atoms with van der Waals surface area (Å²) >= 11 is 0. The maximum atomic E-state index is 13.6. The number of carbonyl (C=O) groups excluding carboxylic acids is 2. The summed E-state index contributed by atoms with van der Waals surface area (Å²) in [6.45, 7) is 0.349. The van der Waals surface area contributed by atoms with Gasteiger partial charge in [-0.3, -0.25) is 9.59 Å². The van der Waals surface area contributed by atoms with Crippen LogP contribution in [0.2, 0.25) is 0 Å². The standard InChI is InChI=1S/C17H13F3N2O2/c18-10-1-4-12(5-2-10)22-8-7-15(17(22)24)21-16(23)13-6-3-11(19)9-14(13)20/h1-6,9,15H,7-8H2,(H,21,23)/t15-/m1/s1. The van der Waals surface area contributed by atoms with Crippen molar-refractivity contribution in [1.82, 2.24) is 5.32 Å². The first kappa shape index (κ1) is 16.0. The Morgan fingerprint density at radius 3 is 2.38 bits per heavy atom. The van der Waals surface area contributed by atoms with Gasteiger partial charge in [0.25, 0.3) is 5.91 Å². The molecule has 2 aromatic rings. The van der Waals surface area contributed by atoms with E-state index in [1.54, 1.807) is 0 Å². The van der Waals surface area contributed by atoms with Gasteiger partial charge in [0.15, 0.2) is 0 Å². The van der Waals surface area contributed by atoms with Crippen LogP contribution in [-0.4, -0.2) is 24.4 Å². The summed E-state index contributed by atoms with van der Waals surface area (Å²) in [5, 5.41) is 2.45. The summed E-state index contributed by atoms with van der Waals surface area (Å²) in [5.41, 5.74) is 0.190. The fraction of sp³-hybridized carbons (Fsp3) is 0.176. The number of nitrogens with zero attached hydrogens (tertiary/aromatic N) is 1. The van der Waals surface area contributed by atoms with Crippen LogP contribution in [0.1, 0.15) is 16.8 Å². The molecule has 0 radical (unpaired) electrons. The van der Waals surface area contributed by atoms with Crippen LogP contribution in [0.25, 0.3) is 0 Å². The van der Waals surface area contributed by atoms with Crippen LogP contribution in [0, 0.1) is 17.5 Å². The molecule has 1 fully saturated rings. The predicted molar refractivity (Wildman–Crippen MR) is 81.0 cm³/mol. The first-order chi connectivity index (χ1) is 11.5. The third-order valence-corrected chi connectivity index (χ3v) is 3.82. The maximum Gasteiger partial charge on any atom is 0.254 e. The topological polar surface area (TPSA) is 49.4 Å². The quantitative estimate of drug-likeness (QED) is 0.938. The second-order valence-corrected chi connectivity index (χ2v) is 5.41. The molecule has 24 heavy (non-hydrogen) atoms. The lowest BCUT2D eigenvalue weighted by atomic mass is 10.1. The minimum absolute atomic E-state index is 0.329. The Balaban J connectivity index is 1.71. The zero-order valence-corrected chi connectivity index (χ0v) is 12.4. The van der Waals surface area contributed by atoms with Crippen molar-refractivity contribution in [3.8, 4) is 0 Å². The molecule has 1 N–H and O–H groups in total. The lowest BCUT2D eigenvalue weighted by Gasteiger charge is -2.17. The van der Waals surface area contributed by atoms with Gasteiger partial charge >= 0.3 is 0 Å². The van der Waals surface area contributed by atoms with Crippen LogP contribution in [0.15, 0.2) is 42.5 Å². The van der Waals surface area contributed by atoms with Gasteiger partial charge in [-0.25, -0.2) is 13.2 Å². The number of amides is 2. The third kappa shape index (κ3) is 3.10. The van der Waals surface area contributed by atoms with Gasteiger partial charge in [-0.2, -0.15) is 0 Å². The Bertz CT molecular complexity index is 793. The Morgan fingerprint density at radius 1 is 1.04 bits per heavy atom. The molecule has 0 bridgehead atoms. The van der Waals surface area contributed by atoms with E-state index in [4.69, 9.17) is 0 Å². The fourth-order valence-corrected chi connectivity index (χ4v) is 2.60. The molecule has 1 saturated heterocycles. The van der Waals surface area contributed by atoms with Gasteiger partial charge in [-0.05, 0) is 42.8 Å². The fourth-order valence-electron chi connectivity index (χ4n) is 2.60. The van der Waals surface area contributed by atoms with Crippen LogP contribution < -0.4 is 10.2 Å². The number of rotatable bonds is 3. The van der Waals surface area contributed by atoms with Crippen LogP contribution in [0.5, 0.6) is 0 Å². The first-order valence-electron chi connectivity index (χ1n) is 7.28. The molecule has 3 rings (SSSR count). The van der Waals surface area contributed by atoms with Crippen molar-refractivity contribution in [2.75, 3.05) is 11.4 Å². The van der Waals surface area contributed by atoms with Gasteiger partial charge in [0, 0.05) is 18.3 Å². The molecule has 7 heteroatoms. The van der Waals surface area contributed by atoms with Crippen molar-refractivity contribution in [2.24, 2.45) is 0 Å². The van der Waals surface area contributed by atoms with Crippen LogP contribution in [0.3, 0.4) is 0 Å². The second kappa shape index (κ2) is 6.35. The average Bonchev–Trinajstić information content (AvgIpc) is 2.89. The number of hydrogen-bond donors (Lipinski definition) is 1. The van der Waals surface area contributed by atoms with Crippen LogP contribution >= 0.6 is 0 Å². The van der Waals surface area contributed by atoms with Gasteiger partial charge in [0.1, 0.15) is 23.5 Å². The zero-order chi connectivity index (χ0) is 17.3. The molecule has 1 aliphatic heterocycles. The van der Waals surface area contributed by atoms with Gasteiger partial charge in [-0.15, -0.1) is 0 Å².